The van der Waals surface area contributed by atoms with Crippen molar-refractivity contribution in [2.24, 2.45) is 0 Å². The van der Waals surface area contributed by atoms with Crippen LogP contribution < -0.4 is 9.46 Å². The molecule has 0 unspecified atom stereocenters. The highest BCUT2D eigenvalue weighted by atomic mass is 79.9. The van der Waals surface area contributed by atoms with Crippen LogP contribution >= 0.6 is 27.3 Å². The first-order chi connectivity index (χ1) is 10.4. The van der Waals surface area contributed by atoms with E-state index in [2.05, 4.69) is 20.7 Å². The monoisotopic (exact) mass is 403 g/mol. The summed E-state index contributed by atoms with van der Waals surface area (Å²) in [7, 11) is -3.42. The lowest BCUT2D eigenvalue weighted by molar-refractivity contribution is 0.242. The zero-order chi connectivity index (χ0) is 16.2. The number of hydrogen-bond donors (Lipinski definition) is 1. The molecule has 2 aromatic rings. The Morgan fingerprint density at radius 1 is 1.18 bits per heavy atom. The minimum absolute atomic E-state index is 0.141. The van der Waals surface area contributed by atoms with E-state index in [0.29, 0.717) is 17.2 Å². The Morgan fingerprint density at radius 3 is 2.41 bits per heavy atom. The second-order valence-corrected chi connectivity index (χ2v) is 9.47. The number of halogens is 1. The smallest absolute Gasteiger partial charge is 0.250 e. The Bertz CT molecular complexity index is 709. The summed E-state index contributed by atoms with van der Waals surface area (Å²) >= 11 is 4.47. The Balaban J connectivity index is 1.88. The van der Waals surface area contributed by atoms with Crippen molar-refractivity contribution in [2.45, 2.75) is 30.6 Å². The van der Waals surface area contributed by atoms with Gasteiger partial charge in [0, 0.05) is 6.54 Å². The lowest BCUT2D eigenvalue weighted by Crippen LogP contribution is -2.25. The second kappa shape index (κ2) is 7.59. The van der Waals surface area contributed by atoms with Gasteiger partial charge in [-0.05, 0) is 66.0 Å². The molecule has 0 atom stereocenters. The molecule has 0 fully saturated rings. The van der Waals surface area contributed by atoms with E-state index in [0.717, 1.165) is 15.1 Å². The molecule has 0 aliphatic carbocycles. The van der Waals surface area contributed by atoms with Gasteiger partial charge in [0.05, 0.1) is 9.89 Å². The van der Waals surface area contributed by atoms with Crippen molar-refractivity contribution in [3.8, 4) is 5.75 Å². The van der Waals surface area contributed by atoms with Crippen molar-refractivity contribution >= 4 is 37.3 Å². The molecule has 0 radical (unpaired) electrons. The fourth-order valence-electron chi connectivity index (χ4n) is 1.85. The van der Waals surface area contributed by atoms with Gasteiger partial charge in [0.2, 0.25) is 10.0 Å². The number of ether oxygens (including phenoxy) is 1. The van der Waals surface area contributed by atoms with Gasteiger partial charge in [-0.1, -0.05) is 12.1 Å². The van der Waals surface area contributed by atoms with E-state index in [1.54, 1.807) is 12.1 Å². The summed E-state index contributed by atoms with van der Waals surface area (Å²) in [6.07, 6.45) is 0.774. The third-order valence-corrected chi connectivity index (χ3v) is 6.39. The fraction of sp³-hybridized carbons (Fsp3) is 0.333. The molecule has 0 bridgehead atoms. The molecule has 2 rings (SSSR count). The molecule has 120 valence electrons. The maximum absolute atomic E-state index is 12.1. The van der Waals surface area contributed by atoms with Crippen molar-refractivity contribution in [3.63, 3.8) is 0 Å². The molecule has 0 aliphatic rings. The van der Waals surface area contributed by atoms with E-state index in [1.165, 1.54) is 11.3 Å². The average molecular weight is 404 g/mol. The van der Waals surface area contributed by atoms with Crippen LogP contribution in [-0.2, 0) is 16.4 Å². The zero-order valence-corrected chi connectivity index (χ0v) is 15.6. The van der Waals surface area contributed by atoms with Crippen molar-refractivity contribution in [1.82, 2.24) is 4.72 Å². The van der Waals surface area contributed by atoms with Crippen LogP contribution in [0.2, 0.25) is 0 Å². The van der Waals surface area contributed by atoms with Crippen LogP contribution in [0.4, 0.5) is 0 Å². The van der Waals surface area contributed by atoms with Crippen LogP contribution in [-0.4, -0.2) is 21.1 Å². The Hall–Kier alpha value is -0.890. The highest BCUT2D eigenvalue weighted by Gasteiger charge is 2.15. The van der Waals surface area contributed by atoms with Crippen molar-refractivity contribution in [1.29, 1.82) is 0 Å². The topological polar surface area (TPSA) is 55.4 Å². The number of sulfonamides is 1. The van der Waals surface area contributed by atoms with Gasteiger partial charge >= 0.3 is 0 Å². The van der Waals surface area contributed by atoms with E-state index in [-0.39, 0.29) is 6.10 Å². The van der Waals surface area contributed by atoms with Gasteiger partial charge in [-0.2, -0.15) is 0 Å². The summed E-state index contributed by atoms with van der Waals surface area (Å²) < 4.78 is 33.4. The summed E-state index contributed by atoms with van der Waals surface area (Å²) in [5.74, 6) is 0.822. The molecular weight excluding hydrogens is 386 g/mol. The molecule has 0 saturated carbocycles. The molecule has 0 amide bonds. The normalized spacial score (nSPS) is 11.8. The number of nitrogens with one attached hydrogen (secondary N) is 1. The standard InChI is InChI=1S/C15H18BrNO3S2/c1-11(2)20-13-5-3-12(4-6-13)9-10-17-22(18,19)15-8-7-14(16)21-15/h3-8,11,17H,9-10H2,1-2H3. The maximum Gasteiger partial charge on any atom is 0.250 e. The van der Waals surface area contributed by atoms with E-state index < -0.39 is 10.0 Å². The molecule has 22 heavy (non-hydrogen) atoms. The van der Waals surface area contributed by atoms with Crippen molar-refractivity contribution < 1.29 is 13.2 Å². The quantitative estimate of drug-likeness (QED) is 0.764. The van der Waals surface area contributed by atoms with Crippen molar-refractivity contribution in [2.75, 3.05) is 6.54 Å². The summed E-state index contributed by atoms with van der Waals surface area (Å²) in [4.78, 5) is 0. The highest BCUT2D eigenvalue weighted by molar-refractivity contribution is 9.11. The van der Waals surface area contributed by atoms with E-state index in [4.69, 9.17) is 4.74 Å². The zero-order valence-electron chi connectivity index (χ0n) is 12.4. The molecule has 1 aromatic carbocycles. The molecule has 0 aliphatic heterocycles. The molecule has 1 heterocycles. The largest absolute Gasteiger partial charge is 0.491 e. The van der Waals surface area contributed by atoms with Gasteiger partial charge in [-0.3, -0.25) is 0 Å². The Morgan fingerprint density at radius 2 is 1.86 bits per heavy atom. The minimum atomic E-state index is -3.42. The van der Waals surface area contributed by atoms with Crippen LogP contribution in [0.15, 0.2) is 44.4 Å². The number of hydrogen-bond acceptors (Lipinski definition) is 4. The van der Waals surface area contributed by atoms with Gasteiger partial charge in [-0.25, -0.2) is 13.1 Å². The van der Waals surface area contributed by atoms with Gasteiger partial charge in [0.1, 0.15) is 9.96 Å². The first-order valence-electron chi connectivity index (χ1n) is 6.87. The molecule has 0 saturated heterocycles. The number of rotatable bonds is 7. The van der Waals surface area contributed by atoms with Crippen LogP contribution in [0.3, 0.4) is 0 Å². The van der Waals surface area contributed by atoms with Gasteiger partial charge in [0.25, 0.3) is 0 Å². The lowest BCUT2D eigenvalue weighted by atomic mass is 10.1. The number of benzene rings is 1. The van der Waals surface area contributed by atoms with Gasteiger partial charge < -0.3 is 4.74 Å². The third kappa shape index (κ3) is 5.08. The van der Waals surface area contributed by atoms with E-state index in [9.17, 15) is 8.42 Å². The molecule has 0 spiro atoms. The molecule has 7 heteroatoms. The summed E-state index contributed by atoms with van der Waals surface area (Å²) in [6.45, 7) is 4.32. The van der Waals surface area contributed by atoms with Crippen molar-refractivity contribution in [3.05, 3.63) is 45.7 Å². The highest BCUT2D eigenvalue weighted by Crippen LogP contribution is 2.25. The second-order valence-electron chi connectivity index (χ2n) is 5.02. The Labute approximate surface area is 143 Å². The van der Waals surface area contributed by atoms with Crippen LogP contribution in [0.1, 0.15) is 19.4 Å². The van der Waals surface area contributed by atoms with Crippen LogP contribution in [0.25, 0.3) is 0 Å². The van der Waals surface area contributed by atoms with E-state index >= 15 is 0 Å². The molecule has 1 N–H and O–H groups in total. The first kappa shape index (κ1) is 17.5. The predicted molar refractivity (Wildman–Crippen MR) is 93.1 cm³/mol. The molecular formula is C15H18BrNO3S2. The third-order valence-electron chi connectivity index (χ3n) is 2.81. The van der Waals surface area contributed by atoms with E-state index in [1.807, 2.05) is 38.1 Å². The average Bonchev–Trinajstić information content (AvgIpc) is 2.87. The van der Waals surface area contributed by atoms with Crippen LogP contribution in [0.5, 0.6) is 5.75 Å². The van der Waals surface area contributed by atoms with Crippen LogP contribution in [0, 0.1) is 0 Å². The summed E-state index contributed by atoms with van der Waals surface area (Å²) in [5.41, 5.74) is 1.06. The maximum atomic E-state index is 12.1. The fourth-order valence-corrected chi connectivity index (χ4v) is 4.94. The predicted octanol–water partition coefficient (Wildman–Crippen LogP) is 3.82. The molecule has 1 aromatic heterocycles. The lowest BCUT2D eigenvalue weighted by Gasteiger charge is -2.10. The summed E-state index contributed by atoms with van der Waals surface area (Å²) in [6, 6.07) is 11.0. The number of thiophene rings is 1. The van der Waals surface area contributed by atoms with Gasteiger partial charge in [-0.15, -0.1) is 11.3 Å². The Kier molecular flexibility index (Phi) is 6.02. The minimum Gasteiger partial charge on any atom is -0.491 e. The first-order valence-corrected chi connectivity index (χ1v) is 9.97. The molecule has 4 nitrogen and oxygen atoms in total. The summed E-state index contributed by atoms with van der Waals surface area (Å²) in [5, 5.41) is 0. The van der Waals surface area contributed by atoms with Gasteiger partial charge in [0.15, 0.2) is 0 Å². The SMILES string of the molecule is CC(C)Oc1ccc(CCNS(=O)(=O)c2ccc(Br)s2)cc1.